The molecule has 106 valence electrons. The first-order valence-corrected chi connectivity index (χ1v) is 6.84. The second kappa shape index (κ2) is 5.75. The maximum Gasteiger partial charge on any atom is 0.129 e. The van der Waals surface area contributed by atoms with Crippen LogP contribution in [0.15, 0.2) is 18.2 Å². The molecule has 19 heavy (non-hydrogen) atoms. The fourth-order valence-corrected chi connectivity index (χ4v) is 2.89. The van der Waals surface area contributed by atoms with E-state index in [-0.39, 0.29) is 17.5 Å². The Bertz CT molecular complexity index is 433. The van der Waals surface area contributed by atoms with Gasteiger partial charge in [-0.15, -0.1) is 0 Å². The molecule has 1 aliphatic rings. The maximum absolute atomic E-state index is 14.0. The van der Waals surface area contributed by atoms with E-state index >= 15 is 0 Å². The quantitative estimate of drug-likeness (QED) is 0.928. The molecule has 5 heteroatoms. The lowest BCUT2D eigenvalue weighted by molar-refractivity contribution is -0.0970. The van der Waals surface area contributed by atoms with Crippen molar-refractivity contribution in [3.8, 4) is 0 Å². The van der Waals surface area contributed by atoms with Gasteiger partial charge in [-0.3, -0.25) is 4.90 Å². The summed E-state index contributed by atoms with van der Waals surface area (Å²) in [7, 11) is 0. The van der Waals surface area contributed by atoms with Crippen molar-refractivity contribution in [2.24, 2.45) is 5.73 Å². The Labute approximate surface area is 118 Å². The van der Waals surface area contributed by atoms with Gasteiger partial charge in [0.05, 0.1) is 18.2 Å². The van der Waals surface area contributed by atoms with Gasteiger partial charge in [0, 0.05) is 30.2 Å². The molecule has 0 saturated carbocycles. The lowest BCUT2D eigenvalue weighted by atomic mass is 10.00. The number of rotatable bonds is 3. The van der Waals surface area contributed by atoms with Crippen LogP contribution in [0.4, 0.5) is 4.39 Å². The van der Waals surface area contributed by atoms with Crippen molar-refractivity contribution in [1.29, 1.82) is 0 Å². The Morgan fingerprint density at radius 2 is 2.26 bits per heavy atom. The minimum atomic E-state index is -0.299. The van der Waals surface area contributed by atoms with E-state index in [1.807, 2.05) is 13.8 Å². The first kappa shape index (κ1) is 14.7. The van der Waals surface area contributed by atoms with Crippen LogP contribution in [0.25, 0.3) is 0 Å². The highest BCUT2D eigenvalue weighted by Crippen LogP contribution is 2.32. The molecule has 0 amide bonds. The van der Waals surface area contributed by atoms with Crippen LogP contribution in [0.2, 0.25) is 5.02 Å². The van der Waals surface area contributed by atoms with Gasteiger partial charge in [0.2, 0.25) is 0 Å². The number of hydrogen-bond donors (Lipinski definition) is 1. The van der Waals surface area contributed by atoms with Gasteiger partial charge in [0.15, 0.2) is 0 Å². The molecular weight excluding hydrogens is 267 g/mol. The number of ether oxygens (including phenoxy) is 1. The molecule has 0 aliphatic carbocycles. The zero-order valence-electron chi connectivity index (χ0n) is 11.3. The minimum Gasteiger partial charge on any atom is -0.373 e. The predicted molar refractivity (Wildman–Crippen MR) is 74.8 cm³/mol. The second-order valence-electron chi connectivity index (χ2n) is 5.47. The Kier molecular flexibility index (Phi) is 4.46. The molecule has 1 heterocycles. The van der Waals surface area contributed by atoms with Gasteiger partial charge in [-0.25, -0.2) is 4.39 Å². The van der Waals surface area contributed by atoms with Crippen molar-refractivity contribution in [2.75, 3.05) is 26.2 Å². The van der Waals surface area contributed by atoms with Crippen LogP contribution in [-0.4, -0.2) is 36.7 Å². The van der Waals surface area contributed by atoms with Crippen molar-refractivity contribution in [2.45, 2.75) is 25.5 Å². The molecule has 0 radical (unpaired) electrons. The SMILES string of the molecule is CC1(C)CN(C(CN)c2c(F)cccc2Cl)CCO1. The third-order valence-corrected chi connectivity index (χ3v) is 3.78. The van der Waals surface area contributed by atoms with E-state index in [4.69, 9.17) is 22.1 Å². The summed E-state index contributed by atoms with van der Waals surface area (Å²) in [6.07, 6.45) is 0. The number of nitrogens with two attached hydrogens (primary N) is 1. The summed E-state index contributed by atoms with van der Waals surface area (Å²) in [6, 6.07) is 4.53. The molecule has 2 rings (SSSR count). The van der Waals surface area contributed by atoms with Crippen LogP contribution >= 0.6 is 11.6 Å². The lowest BCUT2D eigenvalue weighted by Gasteiger charge is -2.42. The molecule has 3 nitrogen and oxygen atoms in total. The number of morpholine rings is 1. The number of nitrogens with zero attached hydrogens (tertiary/aromatic N) is 1. The minimum absolute atomic E-state index is 0.211. The third-order valence-electron chi connectivity index (χ3n) is 3.45. The normalized spacial score (nSPS) is 21.3. The van der Waals surface area contributed by atoms with Gasteiger partial charge in [-0.2, -0.15) is 0 Å². The zero-order chi connectivity index (χ0) is 14.0. The highest BCUT2D eigenvalue weighted by molar-refractivity contribution is 6.31. The zero-order valence-corrected chi connectivity index (χ0v) is 12.1. The van der Waals surface area contributed by atoms with Gasteiger partial charge >= 0.3 is 0 Å². The van der Waals surface area contributed by atoms with E-state index in [0.29, 0.717) is 30.3 Å². The van der Waals surface area contributed by atoms with Crippen molar-refractivity contribution >= 4 is 11.6 Å². The van der Waals surface area contributed by atoms with Gasteiger partial charge < -0.3 is 10.5 Å². The monoisotopic (exact) mass is 286 g/mol. The number of hydrogen-bond acceptors (Lipinski definition) is 3. The van der Waals surface area contributed by atoms with Gasteiger partial charge in [-0.1, -0.05) is 17.7 Å². The molecule has 1 aromatic carbocycles. The number of halogens is 2. The Balaban J connectivity index is 2.29. The van der Waals surface area contributed by atoms with E-state index in [0.717, 1.165) is 6.54 Å². The first-order valence-electron chi connectivity index (χ1n) is 6.46. The van der Waals surface area contributed by atoms with Crippen LogP contribution in [0.3, 0.4) is 0 Å². The molecule has 1 saturated heterocycles. The molecule has 1 atom stereocenters. The van der Waals surface area contributed by atoms with Crippen molar-refractivity contribution in [3.05, 3.63) is 34.6 Å². The molecular formula is C14H20ClFN2O. The highest BCUT2D eigenvalue weighted by Gasteiger charge is 2.33. The molecule has 0 aromatic heterocycles. The van der Waals surface area contributed by atoms with Gasteiger partial charge in [0.25, 0.3) is 0 Å². The Morgan fingerprint density at radius 1 is 1.53 bits per heavy atom. The standard InChI is InChI=1S/C14H20ClFN2O/c1-14(2)9-18(6-7-19-14)12(8-17)13-10(15)4-3-5-11(13)16/h3-5,12H,6-9,17H2,1-2H3. The van der Waals surface area contributed by atoms with E-state index in [1.54, 1.807) is 12.1 Å². The van der Waals surface area contributed by atoms with Crippen LogP contribution in [-0.2, 0) is 4.74 Å². The fraction of sp³-hybridized carbons (Fsp3) is 0.571. The smallest absolute Gasteiger partial charge is 0.129 e. The van der Waals surface area contributed by atoms with E-state index in [1.165, 1.54) is 6.07 Å². The van der Waals surface area contributed by atoms with Gasteiger partial charge in [0.1, 0.15) is 5.82 Å². The van der Waals surface area contributed by atoms with Crippen LogP contribution in [0.1, 0.15) is 25.5 Å². The molecule has 1 unspecified atom stereocenters. The average molecular weight is 287 g/mol. The van der Waals surface area contributed by atoms with Gasteiger partial charge in [-0.05, 0) is 26.0 Å². The largest absolute Gasteiger partial charge is 0.373 e. The summed E-state index contributed by atoms with van der Waals surface area (Å²) in [6.45, 7) is 6.44. The molecule has 0 bridgehead atoms. The van der Waals surface area contributed by atoms with Crippen LogP contribution in [0.5, 0.6) is 0 Å². The fourth-order valence-electron chi connectivity index (χ4n) is 2.60. The number of benzene rings is 1. The predicted octanol–water partition coefficient (Wildman–Crippen LogP) is 2.59. The summed E-state index contributed by atoms with van der Waals surface area (Å²) >= 11 is 6.14. The topological polar surface area (TPSA) is 38.5 Å². The lowest BCUT2D eigenvalue weighted by Crippen LogP contribution is -2.51. The van der Waals surface area contributed by atoms with Crippen molar-refractivity contribution in [3.63, 3.8) is 0 Å². The molecule has 1 aromatic rings. The van der Waals surface area contributed by atoms with E-state index < -0.39 is 0 Å². The maximum atomic E-state index is 14.0. The summed E-state index contributed by atoms with van der Waals surface area (Å²) in [5.74, 6) is -0.299. The first-order chi connectivity index (χ1) is 8.94. The summed E-state index contributed by atoms with van der Waals surface area (Å²) in [5.41, 5.74) is 6.10. The molecule has 1 fully saturated rings. The molecule has 2 N–H and O–H groups in total. The summed E-state index contributed by atoms with van der Waals surface area (Å²) < 4.78 is 19.7. The highest BCUT2D eigenvalue weighted by atomic mass is 35.5. The average Bonchev–Trinajstić information content (AvgIpc) is 2.32. The van der Waals surface area contributed by atoms with Crippen molar-refractivity contribution in [1.82, 2.24) is 4.90 Å². The Morgan fingerprint density at radius 3 is 2.84 bits per heavy atom. The second-order valence-corrected chi connectivity index (χ2v) is 5.87. The van der Waals surface area contributed by atoms with Crippen LogP contribution < -0.4 is 5.73 Å². The summed E-state index contributed by atoms with van der Waals surface area (Å²) in [4.78, 5) is 2.15. The molecule has 0 spiro atoms. The Hall–Kier alpha value is -0.680. The molecule has 1 aliphatic heterocycles. The van der Waals surface area contributed by atoms with Crippen LogP contribution in [0, 0.1) is 5.82 Å². The van der Waals surface area contributed by atoms with E-state index in [9.17, 15) is 4.39 Å². The third kappa shape index (κ3) is 3.26. The van der Waals surface area contributed by atoms with Crippen molar-refractivity contribution < 1.29 is 9.13 Å². The summed E-state index contributed by atoms with van der Waals surface area (Å²) in [5, 5.41) is 0.430. The van der Waals surface area contributed by atoms with E-state index in [2.05, 4.69) is 4.90 Å².